The van der Waals surface area contributed by atoms with Crippen molar-refractivity contribution in [2.24, 2.45) is 5.92 Å². The average molecular weight is 275 g/mol. The molecule has 3 nitrogen and oxygen atoms in total. The number of hydrogen-bond acceptors (Lipinski definition) is 4. The molecule has 1 aliphatic heterocycles. The molecule has 2 atom stereocenters. The molecule has 96 valence electrons. The topological polar surface area (TPSA) is 36.4 Å². The minimum Gasteiger partial charge on any atom is -0.395 e. The lowest BCUT2D eigenvalue weighted by Gasteiger charge is -2.24. The second kappa shape index (κ2) is 6.14. The lowest BCUT2D eigenvalue weighted by molar-refractivity contribution is 0.140. The first-order valence-electron chi connectivity index (χ1n) is 6.08. The van der Waals surface area contributed by atoms with Gasteiger partial charge in [-0.25, -0.2) is 4.98 Å². The maximum Gasteiger partial charge on any atom is 0.0941 e. The number of alkyl halides is 1. The van der Waals surface area contributed by atoms with E-state index in [9.17, 15) is 5.11 Å². The molecule has 5 heteroatoms. The van der Waals surface area contributed by atoms with Gasteiger partial charge in [0.15, 0.2) is 0 Å². The number of likely N-dealkylation sites (tertiary alicyclic amines) is 1. The van der Waals surface area contributed by atoms with Gasteiger partial charge in [-0.15, -0.1) is 22.9 Å². The number of hydrogen-bond donors (Lipinski definition) is 1. The molecule has 17 heavy (non-hydrogen) atoms. The van der Waals surface area contributed by atoms with Crippen molar-refractivity contribution in [3.63, 3.8) is 0 Å². The van der Waals surface area contributed by atoms with Gasteiger partial charge in [-0.3, -0.25) is 4.90 Å². The van der Waals surface area contributed by atoms with Gasteiger partial charge in [0.1, 0.15) is 0 Å². The van der Waals surface area contributed by atoms with Gasteiger partial charge >= 0.3 is 0 Å². The lowest BCUT2D eigenvalue weighted by Crippen LogP contribution is -2.36. The number of rotatable bonds is 5. The van der Waals surface area contributed by atoms with E-state index in [4.69, 9.17) is 11.6 Å². The molecule has 0 amide bonds. The molecule has 0 bridgehead atoms. The highest BCUT2D eigenvalue weighted by atomic mass is 35.5. The third kappa shape index (κ3) is 3.19. The molecule has 1 saturated heterocycles. The molecule has 0 spiro atoms. The highest BCUT2D eigenvalue weighted by Gasteiger charge is 2.29. The molecule has 1 fully saturated rings. The molecule has 2 rings (SSSR count). The van der Waals surface area contributed by atoms with Crippen LogP contribution in [-0.4, -0.2) is 40.7 Å². The molecule has 0 saturated carbocycles. The second-order valence-corrected chi connectivity index (χ2v) is 5.88. The Morgan fingerprint density at radius 1 is 1.65 bits per heavy atom. The summed E-state index contributed by atoms with van der Waals surface area (Å²) in [5, 5.41) is 12.6. The van der Waals surface area contributed by atoms with Crippen molar-refractivity contribution >= 4 is 22.9 Å². The Balaban J connectivity index is 1.85. The summed E-state index contributed by atoms with van der Waals surface area (Å²) in [7, 11) is 0. The van der Waals surface area contributed by atoms with Gasteiger partial charge < -0.3 is 5.11 Å². The second-order valence-electron chi connectivity index (χ2n) is 4.67. The van der Waals surface area contributed by atoms with E-state index in [2.05, 4.69) is 16.8 Å². The van der Waals surface area contributed by atoms with Crippen LogP contribution in [0.3, 0.4) is 0 Å². The number of halogens is 1. The predicted octanol–water partition coefficient (Wildman–Crippen LogP) is 2.13. The van der Waals surface area contributed by atoms with E-state index in [1.54, 1.807) is 11.3 Å². The van der Waals surface area contributed by atoms with Crippen LogP contribution in [-0.2, 0) is 12.3 Å². The van der Waals surface area contributed by atoms with Gasteiger partial charge in [0.25, 0.3) is 0 Å². The summed E-state index contributed by atoms with van der Waals surface area (Å²) in [5.41, 5.74) is 0.972. The third-order valence-electron chi connectivity index (χ3n) is 3.53. The van der Waals surface area contributed by atoms with Crippen LogP contribution in [0.15, 0.2) is 5.38 Å². The maximum absolute atomic E-state index is 9.37. The molecule has 1 N–H and O–H groups in total. The van der Waals surface area contributed by atoms with Crippen molar-refractivity contribution in [1.29, 1.82) is 0 Å². The van der Waals surface area contributed by atoms with Gasteiger partial charge in [0.05, 0.1) is 23.2 Å². The van der Waals surface area contributed by atoms with E-state index in [-0.39, 0.29) is 6.61 Å². The highest BCUT2D eigenvalue weighted by molar-refractivity contribution is 7.09. The number of aromatic nitrogens is 1. The van der Waals surface area contributed by atoms with Crippen LogP contribution in [0.1, 0.15) is 24.0 Å². The van der Waals surface area contributed by atoms with Crippen molar-refractivity contribution in [2.45, 2.75) is 31.7 Å². The van der Waals surface area contributed by atoms with E-state index in [1.165, 1.54) is 6.42 Å². The van der Waals surface area contributed by atoms with Crippen molar-refractivity contribution in [1.82, 2.24) is 9.88 Å². The monoisotopic (exact) mass is 274 g/mol. The summed E-state index contributed by atoms with van der Waals surface area (Å²) in [4.78, 5) is 6.84. The summed E-state index contributed by atoms with van der Waals surface area (Å²) in [6, 6.07) is 0.336. The normalized spacial score (nSPS) is 25.6. The highest BCUT2D eigenvalue weighted by Crippen LogP contribution is 2.24. The van der Waals surface area contributed by atoms with Crippen LogP contribution < -0.4 is 0 Å². The zero-order valence-electron chi connectivity index (χ0n) is 10.1. The Labute approximate surface area is 111 Å². The van der Waals surface area contributed by atoms with Gasteiger partial charge in [-0.05, 0) is 18.9 Å². The smallest absolute Gasteiger partial charge is 0.0941 e. The van der Waals surface area contributed by atoms with Gasteiger partial charge in [0, 0.05) is 24.4 Å². The first kappa shape index (κ1) is 13.3. The van der Waals surface area contributed by atoms with Crippen molar-refractivity contribution < 1.29 is 5.11 Å². The Bertz CT molecular complexity index is 358. The van der Waals surface area contributed by atoms with Crippen LogP contribution >= 0.6 is 22.9 Å². The fraction of sp³-hybridized carbons (Fsp3) is 0.750. The number of aliphatic hydroxyl groups is 1. The molecule has 1 aliphatic rings. The molecule has 1 aromatic rings. The van der Waals surface area contributed by atoms with Crippen molar-refractivity contribution in [3.05, 3.63) is 16.1 Å². The van der Waals surface area contributed by atoms with Gasteiger partial charge in [-0.1, -0.05) is 6.92 Å². The minimum absolute atomic E-state index is 0.270. The van der Waals surface area contributed by atoms with Crippen LogP contribution in [0.4, 0.5) is 0 Å². The summed E-state index contributed by atoms with van der Waals surface area (Å²) in [6.45, 7) is 4.58. The van der Waals surface area contributed by atoms with Gasteiger partial charge in [0.2, 0.25) is 0 Å². The molecule has 0 radical (unpaired) electrons. The predicted molar refractivity (Wildman–Crippen MR) is 71.6 cm³/mol. The van der Waals surface area contributed by atoms with Crippen molar-refractivity contribution in [3.8, 4) is 0 Å². The molecule has 2 unspecified atom stereocenters. The SMILES string of the molecule is CC1CCN(CCc2nc(CCl)cs2)C1CO. The van der Waals surface area contributed by atoms with E-state index >= 15 is 0 Å². The Kier molecular flexibility index (Phi) is 4.79. The summed E-state index contributed by atoms with van der Waals surface area (Å²) >= 11 is 7.42. The standard InChI is InChI=1S/C12H19ClN2OS/c1-9-2-4-15(11(9)7-16)5-3-12-14-10(6-13)8-17-12/h8-9,11,16H,2-7H2,1H3. The van der Waals surface area contributed by atoms with Gasteiger partial charge in [-0.2, -0.15) is 0 Å². The Morgan fingerprint density at radius 3 is 3.12 bits per heavy atom. The fourth-order valence-corrected chi connectivity index (χ4v) is 3.44. The van der Waals surface area contributed by atoms with Crippen LogP contribution in [0.5, 0.6) is 0 Å². The zero-order chi connectivity index (χ0) is 12.3. The summed E-state index contributed by atoms with van der Waals surface area (Å²) in [6.07, 6.45) is 2.15. The number of nitrogens with zero attached hydrogens (tertiary/aromatic N) is 2. The molecule has 0 aromatic carbocycles. The molecule has 2 heterocycles. The number of thiazole rings is 1. The van der Waals surface area contributed by atoms with E-state index in [1.807, 2.05) is 5.38 Å². The van der Waals surface area contributed by atoms with E-state index in [0.717, 1.165) is 30.2 Å². The first-order valence-corrected chi connectivity index (χ1v) is 7.50. The average Bonchev–Trinajstić information content (AvgIpc) is 2.92. The number of aliphatic hydroxyl groups excluding tert-OH is 1. The molecule has 0 aliphatic carbocycles. The minimum atomic E-state index is 0.270. The van der Waals surface area contributed by atoms with Crippen LogP contribution in [0.25, 0.3) is 0 Å². The Morgan fingerprint density at radius 2 is 2.47 bits per heavy atom. The Hall–Kier alpha value is -0.160. The zero-order valence-corrected chi connectivity index (χ0v) is 11.7. The first-order chi connectivity index (χ1) is 8.24. The largest absolute Gasteiger partial charge is 0.395 e. The lowest BCUT2D eigenvalue weighted by atomic mass is 10.0. The van der Waals surface area contributed by atoms with Crippen LogP contribution in [0.2, 0.25) is 0 Å². The fourth-order valence-electron chi connectivity index (χ4n) is 2.42. The quantitative estimate of drug-likeness (QED) is 0.836. The molecular weight excluding hydrogens is 256 g/mol. The third-order valence-corrected chi connectivity index (χ3v) is 4.76. The summed E-state index contributed by atoms with van der Waals surface area (Å²) in [5.74, 6) is 1.10. The molecule has 1 aromatic heterocycles. The van der Waals surface area contributed by atoms with Crippen LogP contribution in [0, 0.1) is 5.92 Å². The molecular formula is C12H19ClN2OS. The van der Waals surface area contributed by atoms with Crippen molar-refractivity contribution in [2.75, 3.05) is 19.7 Å². The summed E-state index contributed by atoms with van der Waals surface area (Å²) < 4.78 is 0. The maximum atomic E-state index is 9.37. The van der Waals surface area contributed by atoms with E-state index in [0.29, 0.717) is 17.8 Å². The van der Waals surface area contributed by atoms with E-state index < -0.39 is 0 Å².